The summed E-state index contributed by atoms with van der Waals surface area (Å²) in [5.74, 6) is 0.780. The Kier molecular flexibility index (Phi) is 5.99. The number of benzene rings is 1. The third-order valence-corrected chi connectivity index (χ3v) is 5.19. The lowest BCUT2D eigenvalue weighted by Gasteiger charge is -2.34. The van der Waals surface area contributed by atoms with Crippen LogP contribution in [0.2, 0.25) is 0 Å². The lowest BCUT2D eigenvalue weighted by molar-refractivity contribution is 0.0940. The topological polar surface area (TPSA) is 95.4 Å². The van der Waals surface area contributed by atoms with Gasteiger partial charge in [0.2, 0.25) is 0 Å². The number of piperazine rings is 1. The number of rotatable bonds is 5. The van der Waals surface area contributed by atoms with Crippen LogP contribution in [0.15, 0.2) is 48.7 Å². The number of ether oxygens (including phenoxy) is 2. The van der Waals surface area contributed by atoms with Crippen LogP contribution in [-0.2, 0) is 16.1 Å². The molecule has 9 nitrogen and oxygen atoms in total. The average molecular weight is 412 g/mol. The first kappa shape index (κ1) is 20.0. The number of carbonyl (C=O) groups is 2. The van der Waals surface area contributed by atoms with Gasteiger partial charge in [0.15, 0.2) is 0 Å². The first-order chi connectivity index (χ1) is 14.6. The van der Waals surface area contributed by atoms with Crippen LogP contribution < -0.4 is 9.80 Å². The second-order valence-electron chi connectivity index (χ2n) is 7.19. The third-order valence-electron chi connectivity index (χ3n) is 5.19. The fraction of sp³-hybridized carbons (Fsp3) is 0.381. The Bertz CT molecular complexity index is 869. The highest BCUT2D eigenvalue weighted by Crippen LogP contribution is 2.23. The number of aromatic nitrogens is 1. The van der Waals surface area contributed by atoms with Crippen molar-refractivity contribution in [2.45, 2.75) is 12.7 Å². The number of carbonyl (C=O) groups excluding carboxylic acids is 2. The van der Waals surface area contributed by atoms with Crippen LogP contribution in [0.5, 0.6) is 0 Å². The summed E-state index contributed by atoms with van der Waals surface area (Å²) in [7, 11) is 0. The third kappa shape index (κ3) is 4.46. The van der Waals surface area contributed by atoms with Gasteiger partial charge in [-0.3, -0.25) is 4.90 Å². The molecule has 1 atom stereocenters. The molecule has 1 aromatic heterocycles. The number of amides is 2. The van der Waals surface area contributed by atoms with Crippen LogP contribution >= 0.6 is 0 Å². The van der Waals surface area contributed by atoms with Crippen LogP contribution in [0.25, 0.3) is 0 Å². The van der Waals surface area contributed by atoms with Gasteiger partial charge in [0.25, 0.3) is 0 Å². The van der Waals surface area contributed by atoms with Crippen LogP contribution in [-0.4, -0.2) is 72.6 Å². The smallest absolute Gasteiger partial charge is 0.414 e. The number of hydrogen-bond donors (Lipinski definition) is 1. The Balaban J connectivity index is 1.28. The standard InChI is InChI=1S/C21H24N4O5/c26-14-18-13-25(21(28)30-18)17-6-7-19(22-12-17)23-8-10-24(11-9-23)20(27)29-15-16-4-2-1-3-5-16/h1-7,12,18,26H,8-11,13-15H2/t18-/m1/s1. The van der Waals surface area contributed by atoms with Crippen LogP contribution in [0.4, 0.5) is 21.1 Å². The molecule has 0 unspecified atom stereocenters. The van der Waals surface area contributed by atoms with Crippen LogP contribution in [0.3, 0.4) is 0 Å². The van der Waals surface area contributed by atoms with E-state index in [1.165, 1.54) is 4.90 Å². The maximum absolute atomic E-state index is 12.3. The van der Waals surface area contributed by atoms with Gasteiger partial charge in [-0.2, -0.15) is 0 Å². The van der Waals surface area contributed by atoms with Crippen LogP contribution in [0, 0.1) is 0 Å². The van der Waals surface area contributed by atoms with E-state index in [0.29, 0.717) is 38.4 Å². The molecule has 2 saturated heterocycles. The average Bonchev–Trinajstić information content (AvgIpc) is 3.19. The fourth-order valence-electron chi connectivity index (χ4n) is 3.48. The molecule has 4 rings (SSSR count). The molecule has 2 aliphatic heterocycles. The van der Waals surface area contributed by atoms with Gasteiger partial charge >= 0.3 is 12.2 Å². The van der Waals surface area contributed by atoms with Gasteiger partial charge in [0, 0.05) is 26.2 Å². The molecule has 158 valence electrons. The summed E-state index contributed by atoms with van der Waals surface area (Å²) in [4.78, 5) is 33.9. The predicted molar refractivity (Wildman–Crippen MR) is 109 cm³/mol. The van der Waals surface area contributed by atoms with Crippen molar-refractivity contribution in [3.63, 3.8) is 0 Å². The quantitative estimate of drug-likeness (QED) is 0.801. The van der Waals surface area contributed by atoms with Gasteiger partial charge in [-0.05, 0) is 17.7 Å². The van der Waals surface area contributed by atoms with E-state index in [4.69, 9.17) is 14.6 Å². The van der Waals surface area contributed by atoms with E-state index in [1.54, 1.807) is 11.1 Å². The Hall–Kier alpha value is -3.33. The SMILES string of the molecule is O=C(OCc1ccccc1)N1CCN(c2ccc(N3C[C@H](CO)OC3=O)cn2)CC1. The zero-order valence-electron chi connectivity index (χ0n) is 16.5. The molecule has 9 heteroatoms. The molecule has 0 spiro atoms. The number of anilines is 2. The van der Waals surface area contributed by atoms with Crippen molar-refractivity contribution < 1.29 is 24.2 Å². The molecule has 2 aliphatic rings. The van der Waals surface area contributed by atoms with Crippen molar-refractivity contribution in [1.82, 2.24) is 9.88 Å². The summed E-state index contributed by atoms with van der Waals surface area (Å²) in [5, 5.41) is 9.15. The Morgan fingerprint density at radius 3 is 2.53 bits per heavy atom. The van der Waals surface area contributed by atoms with Gasteiger partial charge in [-0.25, -0.2) is 14.6 Å². The van der Waals surface area contributed by atoms with Crippen molar-refractivity contribution in [3.05, 3.63) is 54.2 Å². The first-order valence-corrected chi connectivity index (χ1v) is 9.89. The zero-order valence-corrected chi connectivity index (χ0v) is 16.5. The summed E-state index contributed by atoms with van der Waals surface area (Å²) >= 11 is 0. The van der Waals surface area contributed by atoms with E-state index in [1.807, 2.05) is 42.5 Å². The molecule has 0 saturated carbocycles. The molecule has 2 aromatic rings. The molecular formula is C21H24N4O5. The van der Waals surface area contributed by atoms with E-state index >= 15 is 0 Å². The van der Waals surface area contributed by atoms with Gasteiger partial charge in [-0.1, -0.05) is 30.3 Å². The van der Waals surface area contributed by atoms with E-state index in [0.717, 1.165) is 11.4 Å². The normalized spacial score (nSPS) is 19.0. The highest BCUT2D eigenvalue weighted by Gasteiger charge is 2.32. The number of pyridine rings is 1. The summed E-state index contributed by atoms with van der Waals surface area (Å²) < 4.78 is 10.5. The number of aliphatic hydroxyl groups is 1. The largest absolute Gasteiger partial charge is 0.445 e. The van der Waals surface area contributed by atoms with Gasteiger partial charge in [0.05, 0.1) is 25.0 Å². The Morgan fingerprint density at radius 1 is 1.13 bits per heavy atom. The second kappa shape index (κ2) is 9.00. The first-order valence-electron chi connectivity index (χ1n) is 9.89. The van der Waals surface area contributed by atoms with E-state index in [-0.39, 0.29) is 19.3 Å². The number of hydrogen-bond acceptors (Lipinski definition) is 7. The number of aliphatic hydroxyl groups excluding tert-OH is 1. The summed E-state index contributed by atoms with van der Waals surface area (Å²) in [5.41, 5.74) is 1.59. The maximum atomic E-state index is 12.3. The Labute approximate surface area is 174 Å². The molecular weight excluding hydrogens is 388 g/mol. The molecule has 0 bridgehead atoms. The van der Waals surface area contributed by atoms with Crippen molar-refractivity contribution in [3.8, 4) is 0 Å². The monoisotopic (exact) mass is 412 g/mol. The highest BCUT2D eigenvalue weighted by molar-refractivity contribution is 5.89. The number of nitrogens with zero attached hydrogens (tertiary/aromatic N) is 4. The van der Waals surface area contributed by atoms with Crippen molar-refractivity contribution in [2.24, 2.45) is 0 Å². The molecule has 0 aliphatic carbocycles. The molecule has 1 N–H and O–H groups in total. The molecule has 1 aromatic carbocycles. The number of cyclic esters (lactones) is 1. The molecule has 30 heavy (non-hydrogen) atoms. The van der Waals surface area contributed by atoms with Gasteiger partial charge in [0.1, 0.15) is 18.5 Å². The van der Waals surface area contributed by atoms with E-state index in [2.05, 4.69) is 9.88 Å². The molecule has 2 fully saturated rings. The minimum Gasteiger partial charge on any atom is -0.445 e. The zero-order chi connectivity index (χ0) is 20.9. The van der Waals surface area contributed by atoms with Gasteiger partial charge < -0.3 is 24.4 Å². The lowest BCUT2D eigenvalue weighted by Crippen LogP contribution is -2.49. The van der Waals surface area contributed by atoms with Crippen molar-refractivity contribution in [1.29, 1.82) is 0 Å². The van der Waals surface area contributed by atoms with Gasteiger partial charge in [-0.15, -0.1) is 0 Å². The van der Waals surface area contributed by atoms with Crippen molar-refractivity contribution in [2.75, 3.05) is 49.1 Å². The van der Waals surface area contributed by atoms with E-state index in [9.17, 15) is 9.59 Å². The van der Waals surface area contributed by atoms with Crippen LogP contribution in [0.1, 0.15) is 5.56 Å². The molecule has 3 heterocycles. The predicted octanol–water partition coefficient (Wildman–Crippen LogP) is 1.86. The van der Waals surface area contributed by atoms with Crippen molar-refractivity contribution >= 4 is 23.7 Å². The second-order valence-corrected chi connectivity index (χ2v) is 7.19. The minimum absolute atomic E-state index is 0.203. The lowest BCUT2D eigenvalue weighted by atomic mass is 10.2. The molecule has 0 radical (unpaired) electrons. The summed E-state index contributed by atoms with van der Waals surface area (Å²) in [6, 6.07) is 13.3. The minimum atomic E-state index is -0.507. The highest BCUT2D eigenvalue weighted by atomic mass is 16.6. The van der Waals surface area contributed by atoms with E-state index < -0.39 is 12.2 Å². The summed E-state index contributed by atoms with van der Waals surface area (Å²) in [6.45, 7) is 2.75. The Morgan fingerprint density at radius 2 is 1.90 bits per heavy atom. The fourth-order valence-corrected chi connectivity index (χ4v) is 3.48. The molecule has 2 amide bonds. The summed E-state index contributed by atoms with van der Waals surface area (Å²) in [6.07, 6.45) is 0.322. The maximum Gasteiger partial charge on any atom is 0.414 e.